The number of ether oxygens (including phenoxy) is 1. The summed E-state index contributed by atoms with van der Waals surface area (Å²) in [5.74, 6) is -0.0205. The minimum absolute atomic E-state index is 0.192. The average molecular weight is 647 g/mol. The fourth-order valence-corrected chi connectivity index (χ4v) is 6.27. The van der Waals surface area contributed by atoms with Crippen molar-refractivity contribution in [2.45, 2.75) is 38.1 Å². The van der Waals surface area contributed by atoms with Crippen molar-refractivity contribution in [3.8, 4) is 22.7 Å². The summed E-state index contributed by atoms with van der Waals surface area (Å²) in [6.07, 6.45) is 5.05. The lowest BCUT2D eigenvalue weighted by molar-refractivity contribution is 0.0451. The molecule has 1 aromatic heterocycles. The van der Waals surface area contributed by atoms with Crippen LogP contribution in [0.5, 0.6) is 5.75 Å². The lowest BCUT2D eigenvalue weighted by Gasteiger charge is -2.40. The summed E-state index contributed by atoms with van der Waals surface area (Å²) in [5.41, 5.74) is 4.48. The maximum atomic E-state index is 14.4. The number of piperazine rings is 1. The van der Waals surface area contributed by atoms with E-state index in [4.69, 9.17) is 9.84 Å². The number of benzene rings is 4. The summed E-state index contributed by atoms with van der Waals surface area (Å²) >= 11 is 0. The summed E-state index contributed by atoms with van der Waals surface area (Å²) in [4.78, 5) is 29.5. The maximum absolute atomic E-state index is 14.4. The van der Waals surface area contributed by atoms with Crippen molar-refractivity contribution in [1.29, 1.82) is 0 Å². The molecule has 6 rings (SSSR count). The van der Waals surface area contributed by atoms with Crippen molar-refractivity contribution >= 4 is 12.0 Å². The van der Waals surface area contributed by atoms with E-state index in [2.05, 4.69) is 24.3 Å². The number of carbonyl (C=O) groups excluding carboxylic acids is 1. The molecule has 0 aliphatic carbocycles. The summed E-state index contributed by atoms with van der Waals surface area (Å²) < 4.78 is 22.0. The van der Waals surface area contributed by atoms with Crippen LogP contribution in [0.15, 0.2) is 115 Å². The van der Waals surface area contributed by atoms with Gasteiger partial charge >= 0.3 is 6.09 Å². The second-order valence-corrected chi connectivity index (χ2v) is 12.0. The quantitative estimate of drug-likeness (QED) is 0.142. The Morgan fingerprint density at radius 1 is 0.812 bits per heavy atom. The van der Waals surface area contributed by atoms with Crippen LogP contribution < -0.4 is 4.74 Å². The van der Waals surface area contributed by atoms with E-state index in [-0.39, 0.29) is 37.4 Å². The number of rotatable bonds is 12. The Morgan fingerprint density at radius 3 is 2.23 bits per heavy atom. The van der Waals surface area contributed by atoms with Crippen LogP contribution >= 0.6 is 0 Å². The van der Waals surface area contributed by atoms with Crippen molar-refractivity contribution in [3.05, 3.63) is 138 Å². The van der Waals surface area contributed by atoms with Crippen LogP contribution in [0, 0.1) is 5.82 Å². The van der Waals surface area contributed by atoms with Crippen molar-refractivity contribution in [2.75, 3.05) is 26.2 Å². The SMILES string of the molecule is O=C(O)N1CCN(C(=O)c2cnn(-c3ccccc3OCCCCCc3ccccc3)c2-c2ccc(F)cc2)C(Cc2ccccc2)C1. The fraction of sp³-hybridized carbons (Fsp3) is 0.256. The molecular formula is C39H39FN4O4. The molecule has 1 N–H and O–H groups in total. The first kappa shape index (κ1) is 32.5. The first-order valence-electron chi connectivity index (χ1n) is 16.4. The number of nitrogens with zero attached hydrogens (tertiary/aromatic N) is 4. The predicted octanol–water partition coefficient (Wildman–Crippen LogP) is 7.52. The number of hydrogen-bond donors (Lipinski definition) is 1. The van der Waals surface area contributed by atoms with Gasteiger partial charge in [-0.1, -0.05) is 72.8 Å². The summed E-state index contributed by atoms with van der Waals surface area (Å²) in [6.45, 7) is 1.16. The van der Waals surface area contributed by atoms with E-state index < -0.39 is 6.09 Å². The number of amides is 2. The number of para-hydroxylation sites is 2. The molecule has 246 valence electrons. The zero-order valence-corrected chi connectivity index (χ0v) is 26.7. The zero-order valence-electron chi connectivity index (χ0n) is 26.7. The topological polar surface area (TPSA) is 87.9 Å². The molecule has 2 heterocycles. The monoisotopic (exact) mass is 646 g/mol. The number of halogens is 1. The molecule has 48 heavy (non-hydrogen) atoms. The molecule has 1 aliphatic heterocycles. The molecular weight excluding hydrogens is 607 g/mol. The van der Waals surface area contributed by atoms with E-state index in [1.165, 1.54) is 22.6 Å². The highest BCUT2D eigenvalue weighted by Crippen LogP contribution is 2.33. The molecule has 1 atom stereocenters. The molecule has 9 heteroatoms. The summed E-state index contributed by atoms with van der Waals surface area (Å²) in [6, 6.07) is 33.4. The largest absolute Gasteiger partial charge is 0.491 e. The lowest BCUT2D eigenvalue weighted by atomic mass is 10.00. The second kappa shape index (κ2) is 15.4. The number of unbranched alkanes of at least 4 members (excludes halogenated alkanes) is 2. The Morgan fingerprint density at radius 2 is 1.50 bits per heavy atom. The van der Waals surface area contributed by atoms with Crippen molar-refractivity contribution in [3.63, 3.8) is 0 Å². The zero-order chi connectivity index (χ0) is 33.3. The van der Waals surface area contributed by atoms with Gasteiger partial charge in [0.2, 0.25) is 0 Å². The Hall–Kier alpha value is -5.44. The minimum atomic E-state index is -1.01. The van der Waals surface area contributed by atoms with E-state index in [1.807, 2.05) is 60.7 Å². The summed E-state index contributed by atoms with van der Waals surface area (Å²) in [7, 11) is 0. The van der Waals surface area contributed by atoms with Crippen LogP contribution in [0.25, 0.3) is 16.9 Å². The van der Waals surface area contributed by atoms with Gasteiger partial charge in [-0.2, -0.15) is 5.10 Å². The van der Waals surface area contributed by atoms with Gasteiger partial charge in [-0.05, 0) is 79.6 Å². The lowest BCUT2D eigenvalue weighted by Crippen LogP contribution is -2.57. The molecule has 4 aromatic carbocycles. The fourth-order valence-electron chi connectivity index (χ4n) is 6.27. The molecule has 8 nitrogen and oxygen atoms in total. The average Bonchev–Trinajstić information content (AvgIpc) is 3.56. The molecule has 0 radical (unpaired) electrons. The van der Waals surface area contributed by atoms with Gasteiger partial charge in [0.15, 0.2) is 0 Å². The smallest absolute Gasteiger partial charge is 0.407 e. The highest BCUT2D eigenvalue weighted by Gasteiger charge is 2.35. The third-order valence-corrected chi connectivity index (χ3v) is 8.75. The second-order valence-electron chi connectivity index (χ2n) is 12.0. The molecule has 5 aromatic rings. The third-order valence-electron chi connectivity index (χ3n) is 8.75. The molecule has 2 amide bonds. The minimum Gasteiger partial charge on any atom is -0.491 e. The van der Waals surface area contributed by atoms with Gasteiger partial charge < -0.3 is 19.6 Å². The van der Waals surface area contributed by atoms with E-state index in [9.17, 15) is 19.1 Å². The van der Waals surface area contributed by atoms with Gasteiger partial charge in [-0.3, -0.25) is 4.79 Å². The highest BCUT2D eigenvalue weighted by atomic mass is 19.1. The van der Waals surface area contributed by atoms with Crippen LogP contribution in [0.1, 0.15) is 40.7 Å². The number of aromatic nitrogens is 2. The van der Waals surface area contributed by atoms with Gasteiger partial charge in [0.05, 0.1) is 30.1 Å². The van der Waals surface area contributed by atoms with E-state index in [0.717, 1.165) is 31.2 Å². The van der Waals surface area contributed by atoms with Gasteiger partial charge in [-0.25, -0.2) is 13.9 Å². The number of carbonyl (C=O) groups is 2. The summed E-state index contributed by atoms with van der Waals surface area (Å²) in [5, 5.41) is 14.4. The van der Waals surface area contributed by atoms with Crippen LogP contribution in [-0.2, 0) is 12.8 Å². The molecule has 0 saturated carbocycles. The van der Waals surface area contributed by atoms with E-state index >= 15 is 0 Å². The number of carboxylic acid groups (broad SMARTS) is 1. The van der Waals surface area contributed by atoms with Gasteiger partial charge in [-0.15, -0.1) is 0 Å². The van der Waals surface area contributed by atoms with Crippen LogP contribution in [0.2, 0.25) is 0 Å². The van der Waals surface area contributed by atoms with Crippen molar-refractivity contribution in [1.82, 2.24) is 19.6 Å². The van der Waals surface area contributed by atoms with E-state index in [0.29, 0.717) is 41.3 Å². The molecule has 1 saturated heterocycles. The van der Waals surface area contributed by atoms with Gasteiger partial charge in [0, 0.05) is 25.2 Å². The Bertz CT molecular complexity index is 1810. The Labute approximate surface area is 280 Å². The molecule has 0 bridgehead atoms. The molecule has 1 fully saturated rings. The number of aryl methyl sites for hydroxylation is 1. The van der Waals surface area contributed by atoms with Crippen LogP contribution in [0.3, 0.4) is 0 Å². The number of hydrogen-bond acceptors (Lipinski definition) is 4. The first-order chi connectivity index (χ1) is 23.5. The molecule has 1 unspecified atom stereocenters. The Balaban J connectivity index is 1.26. The highest BCUT2D eigenvalue weighted by molar-refractivity contribution is 6.00. The standard InChI is InChI=1S/C39H39FN4O4/c40-32-21-19-31(20-22-32)37-34(38(45)43-24-23-42(39(46)47)28-33(43)26-30-15-6-2-7-16-30)27-41-44(37)35-17-9-10-18-36(35)48-25-11-3-8-14-29-12-4-1-5-13-29/h1-2,4-7,9-10,12-13,15-22,27,33H,3,8,11,14,23-26,28H2,(H,46,47). The van der Waals surface area contributed by atoms with Crippen molar-refractivity contribution < 1.29 is 23.8 Å². The van der Waals surface area contributed by atoms with Crippen molar-refractivity contribution in [2.24, 2.45) is 0 Å². The molecule has 1 aliphatic rings. The van der Waals surface area contributed by atoms with Gasteiger partial charge in [0.1, 0.15) is 17.3 Å². The third kappa shape index (κ3) is 7.74. The maximum Gasteiger partial charge on any atom is 0.407 e. The Kier molecular flexibility index (Phi) is 10.4. The first-order valence-corrected chi connectivity index (χ1v) is 16.4. The van der Waals surface area contributed by atoms with Crippen LogP contribution in [-0.4, -0.2) is 69.0 Å². The van der Waals surface area contributed by atoms with Gasteiger partial charge in [0.25, 0.3) is 5.91 Å². The van der Waals surface area contributed by atoms with E-state index in [1.54, 1.807) is 27.9 Å². The molecule has 0 spiro atoms. The predicted molar refractivity (Wildman–Crippen MR) is 183 cm³/mol. The normalized spacial score (nSPS) is 14.6. The van der Waals surface area contributed by atoms with Crippen LogP contribution in [0.4, 0.5) is 9.18 Å².